The van der Waals surface area contributed by atoms with Crippen molar-refractivity contribution >= 4 is 11.6 Å². The molecule has 1 fully saturated rings. The Morgan fingerprint density at radius 3 is 2.68 bits per heavy atom. The van der Waals surface area contributed by atoms with Gasteiger partial charge in [-0.25, -0.2) is 0 Å². The van der Waals surface area contributed by atoms with Crippen LogP contribution in [0.3, 0.4) is 0 Å². The van der Waals surface area contributed by atoms with Crippen molar-refractivity contribution in [2.24, 2.45) is 0 Å². The van der Waals surface area contributed by atoms with Gasteiger partial charge >= 0.3 is 0 Å². The fraction of sp³-hybridized carbons (Fsp3) is 0.462. The first-order valence-electron chi connectivity index (χ1n) is 6.17. The summed E-state index contributed by atoms with van der Waals surface area (Å²) in [6.45, 7) is 4.36. The molecule has 1 aromatic rings. The zero-order chi connectivity index (χ0) is 14.0. The second-order valence-electron chi connectivity index (χ2n) is 4.92. The van der Waals surface area contributed by atoms with E-state index in [2.05, 4.69) is 0 Å². The van der Waals surface area contributed by atoms with Crippen LogP contribution in [-0.4, -0.2) is 47.3 Å². The molecule has 1 aromatic carbocycles. The Bertz CT molecular complexity index is 516. The lowest BCUT2D eigenvalue weighted by Gasteiger charge is -2.32. The highest BCUT2D eigenvalue weighted by Gasteiger charge is 2.22. The Balaban J connectivity index is 2.11. The zero-order valence-electron chi connectivity index (χ0n) is 11.1. The molecule has 0 unspecified atom stereocenters. The maximum atomic E-state index is 11.9. The fourth-order valence-corrected chi connectivity index (χ4v) is 2.17. The first-order chi connectivity index (χ1) is 8.97. The van der Waals surface area contributed by atoms with E-state index in [-0.39, 0.29) is 11.6 Å². The molecule has 1 amide bonds. The summed E-state index contributed by atoms with van der Waals surface area (Å²) in [5.74, 6) is 0.103. The normalized spacial score (nSPS) is 16.7. The summed E-state index contributed by atoms with van der Waals surface area (Å²) in [5.41, 5.74) is 1.90. The van der Waals surface area contributed by atoms with E-state index in [0.717, 1.165) is 17.7 Å². The highest BCUT2D eigenvalue weighted by Crippen LogP contribution is 2.19. The molecule has 0 spiro atoms. The van der Waals surface area contributed by atoms with E-state index < -0.39 is 4.92 Å². The van der Waals surface area contributed by atoms with Crippen molar-refractivity contribution in [2.75, 3.05) is 26.7 Å². The van der Waals surface area contributed by atoms with E-state index in [1.54, 1.807) is 17.0 Å². The van der Waals surface area contributed by atoms with Crippen molar-refractivity contribution in [3.8, 4) is 0 Å². The number of rotatable bonds is 3. The Hall–Kier alpha value is -1.95. The van der Waals surface area contributed by atoms with Gasteiger partial charge in [-0.05, 0) is 25.1 Å². The maximum Gasteiger partial charge on any atom is 0.269 e. The van der Waals surface area contributed by atoms with Crippen LogP contribution < -0.4 is 0 Å². The monoisotopic (exact) mass is 263 g/mol. The number of nitro benzene ring substituents is 1. The van der Waals surface area contributed by atoms with Gasteiger partial charge in [0.2, 0.25) is 5.91 Å². The Labute approximate surface area is 111 Å². The lowest BCUT2D eigenvalue weighted by atomic mass is 10.1. The van der Waals surface area contributed by atoms with Crippen LogP contribution in [0.1, 0.15) is 11.1 Å². The number of carbonyl (C=O) groups is 1. The molecule has 0 atom stereocenters. The third-order valence-corrected chi connectivity index (χ3v) is 3.41. The number of non-ortho nitro benzene ring substituents is 1. The number of carbonyl (C=O) groups excluding carboxylic acids is 1. The van der Waals surface area contributed by atoms with Crippen molar-refractivity contribution in [2.45, 2.75) is 13.5 Å². The summed E-state index contributed by atoms with van der Waals surface area (Å²) in [6.07, 6.45) is 0. The van der Waals surface area contributed by atoms with Crippen LogP contribution in [-0.2, 0) is 11.3 Å². The summed E-state index contributed by atoms with van der Waals surface area (Å²) in [5, 5.41) is 10.7. The third-order valence-electron chi connectivity index (χ3n) is 3.41. The SMILES string of the molecule is Cc1cc([N+](=O)[O-])ccc1CN1CCN(C)CC1=O. The molecule has 102 valence electrons. The molecule has 0 aliphatic carbocycles. The highest BCUT2D eigenvalue weighted by molar-refractivity contribution is 5.79. The van der Waals surface area contributed by atoms with E-state index in [1.165, 1.54) is 6.07 Å². The van der Waals surface area contributed by atoms with Gasteiger partial charge in [-0.2, -0.15) is 0 Å². The van der Waals surface area contributed by atoms with Gasteiger partial charge < -0.3 is 4.90 Å². The Morgan fingerprint density at radius 1 is 1.37 bits per heavy atom. The van der Waals surface area contributed by atoms with Crippen molar-refractivity contribution in [1.82, 2.24) is 9.80 Å². The molecule has 1 aliphatic heterocycles. The molecule has 6 nitrogen and oxygen atoms in total. The molecular weight excluding hydrogens is 246 g/mol. The number of hydrogen-bond donors (Lipinski definition) is 0. The standard InChI is InChI=1S/C13H17N3O3/c1-10-7-12(16(18)19)4-3-11(10)8-15-6-5-14(2)9-13(15)17/h3-4,7H,5-6,8-9H2,1-2H3. The molecule has 0 N–H and O–H groups in total. The minimum absolute atomic E-state index is 0.0888. The summed E-state index contributed by atoms with van der Waals surface area (Å²) < 4.78 is 0. The summed E-state index contributed by atoms with van der Waals surface area (Å²) in [7, 11) is 1.92. The number of aryl methyl sites for hydroxylation is 1. The average molecular weight is 263 g/mol. The summed E-state index contributed by atoms with van der Waals surface area (Å²) in [4.78, 5) is 25.9. The lowest BCUT2D eigenvalue weighted by molar-refractivity contribution is -0.384. The Kier molecular flexibility index (Phi) is 3.80. The number of nitrogens with zero attached hydrogens (tertiary/aromatic N) is 3. The molecule has 2 rings (SSSR count). The van der Waals surface area contributed by atoms with Crippen molar-refractivity contribution in [3.63, 3.8) is 0 Å². The lowest BCUT2D eigenvalue weighted by Crippen LogP contribution is -2.48. The molecule has 6 heteroatoms. The van der Waals surface area contributed by atoms with Gasteiger partial charge in [-0.15, -0.1) is 0 Å². The first-order valence-corrected chi connectivity index (χ1v) is 6.17. The minimum atomic E-state index is -0.405. The van der Waals surface area contributed by atoms with Gasteiger partial charge in [0.15, 0.2) is 0 Å². The summed E-state index contributed by atoms with van der Waals surface area (Å²) in [6, 6.07) is 4.78. The average Bonchev–Trinajstić information content (AvgIpc) is 2.34. The zero-order valence-corrected chi connectivity index (χ0v) is 11.1. The predicted octanol–water partition coefficient (Wildman–Crippen LogP) is 1.18. The molecule has 0 radical (unpaired) electrons. The molecule has 1 saturated heterocycles. The molecule has 0 saturated carbocycles. The predicted molar refractivity (Wildman–Crippen MR) is 70.7 cm³/mol. The molecular formula is C13H17N3O3. The van der Waals surface area contributed by atoms with E-state index in [1.807, 2.05) is 18.9 Å². The molecule has 0 bridgehead atoms. The highest BCUT2D eigenvalue weighted by atomic mass is 16.6. The van der Waals surface area contributed by atoms with Gasteiger partial charge in [0.1, 0.15) is 0 Å². The van der Waals surface area contributed by atoms with Crippen LogP contribution in [0.2, 0.25) is 0 Å². The Morgan fingerprint density at radius 2 is 2.11 bits per heavy atom. The second kappa shape index (κ2) is 5.36. The maximum absolute atomic E-state index is 11.9. The van der Waals surface area contributed by atoms with Crippen molar-refractivity contribution in [1.29, 1.82) is 0 Å². The largest absolute Gasteiger partial charge is 0.336 e. The number of amides is 1. The quantitative estimate of drug-likeness (QED) is 0.606. The van der Waals surface area contributed by atoms with Crippen LogP contribution in [0, 0.1) is 17.0 Å². The van der Waals surface area contributed by atoms with Crippen LogP contribution in [0.25, 0.3) is 0 Å². The van der Waals surface area contributed by atoms with Crippen molar-refractivity contribution in [3.05, 3.63) is 39.4 Å². The first kappa shape index (κ1) is 13.5. The molecule has 0 aromatic heterocycles. The van der Waals surface area contributed by atoms with Gasteiger partial charge in [0, 0.05) is 31.8 Å². The minimum Gasteiger partial charge on any atom is -0.336 e. The van der Waals surface area contributed by atoms with Gasteiger partial charge in [0.05, 0.1) is 11.5 Å². The topological polar surface area (TPSA) is 66.7 Å². The number of benzene rings is 1. The second-order valence-corrected chi connectivity index (χ2v) is 4.92. The van der Waals surface area contributed by atoms with Crippen LogP contribution in [0.4, 0.5) is 5.69 Å². The molecule has 19 heavy (non-hydrogen) atoms. The smallest absolute Gasteiger partial charge is 0.269 e. The van der Waals surface area contributed by atoms with Crippen molar-refractivity contribution < 1.29 is 9.72 Å². The van der Waals surface area contributed by atoms with Crippen LogP contribution >= 0.6 is 0 Å². The van der Waals surface area contributed by atoms with E-state index in [0.29, 0.717) is 19.6 Å². The fourth-order valence-electron chi connectivity index (χ4n) is 2.17. The van der Waals surface area contributed by atoms with E-state index in [9.17, 15) is 14.9 Å². The molecule has 1 aliphatic rings. The van der Waals surface area contributed by atoms with Gasteiger partial charge in [-0.1, -0.05) is 6.07 Å². The number of piperazine rings is 1. The molecule has 1 heterocycles. The summed E-state index contributed by atoms with van der Waals surface area (Å²) >= 11 is 0. The number of hydrogen-bond acceptors (Lipinski definition) is 4. The van der Waals surface area contributed by atoms with Crippen LogP contribution in [0.5, 0.6) is 0 Å². The number of nitro groups is 1. The van der Waals surface area contributed by atoms with Gasteiger partial charge in [0.25, 0.3) is 5.69 Å². The third kappa shape index (κ3) is 3.08. The van der Waals surface area contributed by atoms with Gasteiger partial charge in [-0.3, -0.25) is 19.8 Å². The van der Waals surface area contributed by atoms with Crippen LogP contribution in [0.15, 0.2) is 18.2 Å². The van der Waals surface area contributed by atoms with E-state index in [4.69, 9.17) is 0 Å². The number of likely N-dealkylation sites (N-methyl/N-ethyl adjacent to an activating group) is 1. The van der Waals surface area contributed by atoms with E-state index >= 15 is 0 Å².